The van der Waals surface area contributed by atoms with E-state index in [0.29, 0.717) is 30.3 Å². The summed E-state index contributed by atoms with van der Waals surface area (Å²) in [5.74, 6) is 3.64. The maximum atomic E-state index is 11.1. The number of carbonyl (C=O) groups is 1. The highest BCUT2D eigenvalue weighted by Crippen LogP contribution is 2.67. The number of carboxylic acid groups (broad SMARTS) is 1. The van der Waals surface area contributed by atoms with E-state index in [4.69, 9.17) is 5.11 Å². The minimum atomic E-state index is -0.651. The fraction of sp³-hybridized carbons (Fsp3) is 0.962. The second kappa shape index (κ2) is 9.90. The van der Waals surface area contributed by atoms with Gasteiger partial charge in [-0.05, 0) is 124 Å². The standard InChI is InChI=1S/C26H47NO3/c1-18(7-12-24(29)30)21-10-11-22-20-9-8-19(6-5-16-27-4)25(2,15-17-28)23(20)13-14-26(21,22)3/h18-23,27-28H,5-17H2,1-4H3,(H,29,30)/t18?,19-,20-,21?,22?,23?,25-,26+/m0/s1. The molecule has 0 aromatic carbocycles. The van der Waals surface area contributed by atoms with Gasteiger partial charge in [-0.1, -0.05) is 20.8 Å². The number of carboxylic acids is 1. The first-order chi connectivity index (χ1) is 14.3. The van der Waals surface area contributed by atoms with Crippen LogP contribution in [0.3, 0.4) is 0 Å². The maximum absolute atomic E-state index is 11.1. The smallest absolute Gasteiger partial charge is 0.303 e. The van der Waals surface area contributed by atoms with Crippen LogP contribution >= 0.6 is 0 Å². The van der Waals surface area contributed by atoms with Crippen LogP contribution in [0.1, 0.15) is 91.4 Å². The van der Waals surface area contributed by atoms with E-state index in [1.807, 2.05) is 7.05 Å². The van der Waals surface area contributed by atoms with E-state index in [1.54, 1.807) is 0 Å². The summed E-state index contributed by atoms with van der Waals surface area (Å²) in [6, 6.07) is 0. The molecule has 0 heterocycles. The third-order valence-electron chi connectivity index (χ3n) is 10.3. The monoisotopic (exact) mass is 421 g/mol. The number of aliphatic hydroxyl groups is 1. The lowest BCUT2D eigenvalue weighted by atomic mass is 9.45. The van der Waals surface area contributed by atoms with Gasteiger partial charge < -0.3 is 15.5 Å². The van der Waals surface area contributed by atoms with Crippen molar-refractivity contribution in [2.75, 3.05) is 20.2 Å². The Morgan fingerprint density at radius 3 is 2.57 bits per heavy atom. The van der Waals surface area contributed by atoms with Gasteiger partial charge in [0.05, 0.1) is 0 Å². The van der Waals surface area contributed by atoms with Gasteiger partial charge in [-0.25, -0.2) is 0 Å². The Bertz CT molecular complexity index is 581. The summed E-state index contributed by atoms with van der Waals surface area (Å²) in [6.45, 7) is 8.77. The summed E-state index contributed by atoms with van der Waals surface area (Å²) in [5.41, 5.74) is 0.665. The van der Waals surface area contributed by atoms with E-state index in [2.05, 4.69) is 26.1 Å². The largest absolute Gasteiger partial charge is 0.481 e. The van der Waals surface area contributed by atoms with Crippen molar-refractivity contribution < 1.29 is 15.0 Å². The van der Waals surface area contributed by atoms with Gasteiger partial charge in [0, 0.05) is 13.0 Å². The fourth-order valence-corrected chi connectivity index (χ4v) is 8.69. The van der Waals surface area contributed by atoms with Crippen LogP contribution in [0.5, 0.6) is 0 Å². The maximum Gasteiger partial charge on any atom is 0.303 e. The van der Waals surface area contributed by atoms with Crippen LogP contribution in [0.2, 0.25) is 0 Å². The predicted octanol–water partition coefficient (Wildman–Crippen LogP) is 5.34. The lowest BCUT2D eigenvalue weighted by molar-refractivity contribution is -0.137. The molecule has 0 amide bonds. The molecule has 0 bridgehead atoms. The molecule has 0 saturated heterocycles. The van der Waals surface area contributed by atoms with E-state index in [9.17, 15) is 9.90 Å². The number of aliphatic carboxylic acids is 1. The van der Waals surface area contributed by atoms with Crippen LogP contribution in [-0.2, 0) is 4.79 Å². The van der Waals surface area contributed by atoms with Crippen LogP contribution < -0.4 is 5.32 Å². The van der Waals surface area contributed by atoms with Crippen molar-refractivity contribution in [2.24, 2.45) is 46.3 Å². The average molecular weight is 422 g/mol. The van der Waals surface area contributed by atoms with Crippen LogP contribution in [0, 0.1) is 46.3 Å². The molecule has 0 spiro atoms. The molecule has 3 N–H and O–H groups in total. The normalized spacial score (nSPS) is 41.8. The van der Waals surface area contributed by atoms with Crippen molar-refractivity contribution in [1.29, 1.82) is 0 Å². The first-order valence-corrected chi connectivity index (χ1v) is 12.7. The quantitative estimate of drug-likeness (QED) is 0.416. The number of fused-ring (bicyclic) bond motifs is 3. The molecule has 174 valence electrons. The van der Waals surface area contributed by atoms with E-state index < -0.39 is 5.97 Å². The number of nitrogens with one attached hydrogen (secondary N) is 1. The first kappa shape index (κ1) is 24.0. The second-order valence-corrected chi connectivity index (χ2v) is 11.5. The third-order valence-corrected chi connectivity index (χ3v) is 10.3. The van der Waals surface area contributed by atoms with Crippen LogP contribution in [0.25, 0.3) is 0 Å². The molecule has 3 aliphatic carbocycles. The Morgan fingerprint density at radius 2 is 1.90 bits per heavy atom. The zero-order valence-corrected chi connectivity index (χ0v) is 20.0. The molecule has 4 nitrogen and oxygen atoms in total. The zero-order chi connectivity index (χ0) is 21.9. The van der Waals surface area contributed by atoms with Gasteiger partial charge in [-0.2, -0.15) is 0 Å². The predicted molar refractivity (Wildman–Crippen MR) is 122 cm³/mol. The Morgan fingerprint density at radius 1 is 1.13 bits per heavy atom. The summed E-state index contributed by atoms with van der Waals surface area (Å²) in [4.78, 5) is 11.1. The topological polar surface area (TPSA) is 69.6 Å². The molecule has 4 heteroatoms. The van der Waals surface area contributed by atoms with Gasteiger partial charge in [0.15, 0.2) is 0 Å². The molecule has 3 saturated carbocycles. The molecule has 0 aliphatic heterocycles. The van der Waals surface area contributed by atoms with Crippen molar-refractivity contribution in [3.63, 3.8) is 0 Å². The molecule has 0 aromatic heterocycles. The second-order valence-electron chi connectivity index (χ2n) is 11.5. The van der Waals surface area contributed by atoms with E-state index in [0.717, 1.165) is 43.1 Å². The Balaban J connectivity index is 1.75. The van der Waals surface area contributed by atoms with Gasteiger partial charge in [-0.3, -0.25) is 4.79 Å². The first-order valence-electron chi connectivity index (χ1n) is 12.7. The molecular formula is C26H47NO3. The van der Waals surface area contributed by atoms with Crippen LogP contribution in [-0.4, -0.2) is 36.4 Å². The van der Waals surface area contributed by atoms with E-state index in [-0.39, 0.29) is 5.41 Å². The van der Waals surface area contributed by atoms with Gasteiger partial charge in [0.2, 0.25) is 0 Å². The molecule has 0 aromatic rings. The highest BCUT2D eigenvalue weighted by atomic mass is 16.4. The summed E-state index contributed by atoms with van der Waals surface area (Å²) in [6.07, 6.45) is 12.5. The minimum Gasteiger partial charge on any atom is -0.481 e. The summed E-state index contributed by atoms with van der Waals surface area (Å²) >= 11 is 0. The highest BCUT2D eigenvalue weighted by molar-refractivity contribution is 5.66. The van der Waals surface area contributed by atoms with Crippen LogP contribution in [0.4, 0.5) is 0 Å². The van der Waals surface area contributed by atoms with Crippen molar-refractivity contribution in [2.45, 2.75) is 91.4 Å². The van der Waals surface area contributed by atoms with E-state index in [1.165, 1.54) is 51.4 Å². The fourth-order valence-electron chi connectivity index (χ4n) is 8.69. The lowest BCUT2D eigenvalue weighted by Gasteiger charge is -2.59. The van der Waals surface area contributed by atoms with Crippen molar-refractivity contribution in [3.8, 4) is 0 Å². The van der Waals surface area contributed by atoms with Gasteiger partial charge >= 0.3 is 5.97 Å². The summed E-state index contributed by atoms with van der Waals surface area (Å²) < 4.78 is 0. The SMILES string of the molecule is CNCCC[C@H]1CC[C@H]2C3CCC(C(C)CCC(=O)O)[C@@]3(C)CCC2[C@@]1(C)CCO. The Kier molecular flexibility index (Phi) is 7.93. The van der Waals surface area contributed by atoms with Gasteiger partial charge in [0.1, 0.15) is 0 Å². The molecule has 3 fully saturated rings. The molecule has 4 unspecified atom stereocenters. The number of hydrogen-bond acceptors (Lipinski definition) is 3. The van der Waals surface area contributed by atoms with Crippen molar-refractivity contribution in [3.05, 3.63) is 0 Å². The number of rotatable bonds is 10. The number of aliphatic hydroxyl groups excluding tert-OH is 1. The molecule has 3 rings (SSSR count). The molecule has 3 aliphatic rings. The zero-order valence-electron chi connectivity index (χ0n) is 20.0. The lowest BCUT2D eigenvalue weighted by Crippen LogP contribution is -2.52. The van der Waals surface area contributed by atoms with E-state index >= 15 is 0 Å². The van der Waals surface area contributed by atoms with Gasteiger partial charge in [-0.15, -0.1) is 0 Å². The molecule has 0 radical (unpaired) electrons. The third kappa shape index (κ3) is 4.46. The Labute approximate surface area is 184 Å². The molecule has 30 heavy (non-hydrogen) atoms. The molecular weight excluding hydrogens is 374 g/mol. The summed E-state index contributed by atoms with van der Waals surface area (Å²) in [5, 5.41) is 22.4. The van der Waals surface area contributed by atoms with Crippen LogP contribution in [0.15, 0.2) is 0 Å². The van der Waals surface area contributed by atoms with Crippen molar-refractivity contribution in [1.82, 2.24) is 5.32 Å². The van der Waals surface area contributed by atoms with Gasteiger partial charge in [0.25, 0.3) is 0 Å². The molecule has 8 atom stereocenters. The summed E-state index contributed by atoms with van der Waals surface area (Å²) in [7, 11) is 2.04. The highest BCUT2D eigenvalue weighted by Gasteiger charge is 2.59. The Hall–Kier alpha value is -0.610. The number of hydrogen-bond donors (Lipinski definition) is 3. The average Bonchev–Trinajstić information content (AvgIpc) is 3.05. The minimum absolute atomic E-state index is 0.278. The van der Waals surface area contributed by atoms with Crippen molar-refractivity contribution >= 4 is 5.97 Å².